The number of Topliss-reactive ketones (excluding diaryl/α,β-unsaturated/α-hetero) is 1. The van der Waals surface area contributed by atoms with E-state index in [1.807, 2.05) is 24.3 Å². The number of allylic oxidation sites excluding steroid dienone is 3. The molecule has 3 aromatic carbocycles. The van der Waals surface area contributed by atoms with Crippen molar-refractivity contribution in [2.75, 3.05) is 0 Å². The third-order valence-corrected chi connectivity index (χ3v) is 6.95. The van der Waals surface area contributed by atoms with Crippen molar-refractivity contribution in [3.63, 3.8) is 0 Å². The molecule has 0 radical (unpaired) electrons. The minimum atomic E-state index is -0.0820. The van der Waals surface area contributed by atoms with Crippen molar-refractivity contribution in [2.45, 2.75) is 25.7 Å². The molecule has 3 aromatic rings. The number of hydrogen-bond acceptors (Lipinski definition) is 2. The van der Waals surface area contributed by atoms with Gasteiger partial charge in [0.05, 0.1) is 0 Å². The van der Waals surface area contributed by atoms with E-state index in [0.29, 0.717) is 16.7 Å². The highest BCUT2D eigenvalue weighted by Crippen LogP contribution is 2.40. The Labute approximate surface area is 186 Å². The number of rotatable bonds is 1. The summed E-state index contributed by atoms with van der Waals surface area (Å²) in [5.41, 5.74) is 6.51. The van der Waals surface area contributed by atoms with Gasteiger partial charge < -0.3 is 0 Å². The summed E-state index contributed by atoms with van der Waals surface area (Å²) in [4.78, 5) is 13.4. The molecule has 2 nitrogen and oxygen atoms in total. The monoisotopic (exact) mass is 409 g/mol. The molecule has 0 spiro atoms. The van der Waals surface area contributed by atoms with Crippen LogP contribution < -0.4 is 10.4 Å². The molecule has 0 heterocycles. The number of aryl methyl sites for hydroxylation is 1. The third-order valence-electron chi connectivity index (χ3n) is 6.95. The molecule has 3 aliphatic carbocycles. The van der Waals surface area contributed by atoms with E-state index < -0.39 is 0 Å². The number of hydrogen-bond donors (Lipinski definition) is 0. The Morgan fingerprint density at radius 2 is 1.84 bits per heavy atom. The maximum Gasteiger partial charge on any atom is 0.194 e. The van der Waals surface area contributed by atoms with Gasteiger partial charge in [-0.15, -0.1) is 6.42 Å². The maximum absolute atomic E-state index is 13.4. The number of ketones is 1. The van der Waals surface area contributed by atoms with E-state index in [4.69, 9.17) is 6.42 Å². The van der Waals surface area contributed by atoms with E-state index in [9.17, 15) is 10.1 Å². The van der Waals surface area contributed by atoms with Gasteiger partial charge >= 0.3 is 0 Å². The van der Waals surface area contributed by atoms with Gasteiger partial charge in [0.1, 0.15) is 11.6 Å². The van der Waals surface area contributed by atoms with Gasteiger partial charge in [-0.3, -0.25) is 4.79 Å². The second-order valence-electron chi connectivity index (χ2n) is 8.55. The van der Waals surface area contributed by atoms with Crippen LogP contribution in [0.4, 0.5) is 0 Å². The van der Waals surface area contributed by atoms with Crippen LogP contribution >= 0.6 is 0 Å². The summed E-state index contributed by atoms with van der Waals surface area (Å²) in [7, 11) is 0. The molecular weight excluding hydrogens is 390 g/mol. The molecule has 6 rings (SSSR count). The largest absolute Gasteiger partial charge is 0.289 e. The predicted molar refractivity (Wildman–Crippen MR) is 129 cm³/mol. The van der Waals surface area contributed by atoms with Gasteiger partial charge in [-0.05, 0) is 69.7 Å². The molecule has 0 amide bonds. The fourth-order valence-corrected chi connectivity index (χ4v) is 5.53. The highest BCUT2D eigenvalue weighted by molar-refractivity contribution is 6.30. The van der Waals surface area contributed by atoms with Crippen LogP contribution in [0, 0.1) is 23.7 Å². The van der Waals surface area contributed by atoms with Crippen LogP contribution in [0.3, 0.4) is 0 Å². The Balaban J connectivity index is 1.68. The van der Waals surface area contributed by atoms with Crippen molar-refractivity contribution in [1.82, 2.24) is 0 Å². The number of carbonyl (C=O) groups excluding carboxylic acids is 1. The SMILES string of the molecule is C#CC(C#N)=C1/C(=C/c2ccc3c4c5c(ccc24)=CCCC=5CC3)C(=O)c2ccccc21. The molecule has 32 heavy (non-hydrogen) atoms. The van der Waals surface area contributed by atoms with Gasteiger partial charge in [0, 0.05) is 16.7 Å². The Morgan fingerprint density at radius 1 is 1.00 bits per heavy atom. The molecule has 0 N–H and O–H groups in total. The summed E-state index contributed by atoms with van der Waals surface area (Å²) in [6.07, 6.45) is 14.3. The van der Waals surface area contributed by atoms with Gasteiger partial charge in [0.2, 0.25) is 0 Å². The van der Waals surface area contributed by atoms with Crippen LogP contribution in [-0.2, 0) is 6.42 Å². The van der Waals surface area contributed by atoms with Gasteiger partial charge in [0.25, 0.3) is 0 Å². The van der Waals surface area contributed by atoms with Crippen molar-refractivity contribution in [3.05, 3.63) is 92.4 Å². The number of terminal acetylenes is 1. The number of nitriles is 1. The summed E-state index contributed by atoms with van der Waals surface area (Å²) >= 11 is 0. The van der Waals surface area contributed by atoms with E-state index in [-0.39, 0.29) is 11.4 Å². The molecule has 150 valence electrons. The van der Waals surface area contributed by atoms with Crippen LogP contribution in [0.2, 0.25) is 0 Å². The van der Waals surface area contributed by atoms with Crippen LogP contribution in [0.15, 0.2) is 59.7 Å². The number of fused-ring (bicyclic) bond motifs is 1. The number of nitrogens with zero attached hydrogens (tertiary/aromatic N) is 1. The Hall–Kier alpha value is -4.14. The van der Waals surface area contributed by atoms with E-state index in [2.05, 4.69) is 42.3 Å². The molecule has 0 fully saturated rings. The van der Waals surface area contributed by atoms with E-state index >= 15 is 0 Å². The van der Waals surface area contributed by atoms with Crippen molar-refractivity contribution in [1.29, 1.82) is 5.26 Å². The summed E-state index contributed by atoms with van der Waals surface area (Å²) in [5, 5.41) is 14.9. The van der Waals surface area contributed by atoms with Crippen LogP contribution in [0.5, 0.6) is 0 Å². The van der Waals surface area contributed by atoms with Gasteiger partial charge in [0.15, 0.2) is 5.78 Å². The Morgan fingerprint density at radius 3 is 2.66 bits per heavy atom. The lowest BCUT2D eigenvalue weighted by Crippen LogP contribution is -2.33. The summed E-state index contributed by atoms with van der Waals surface area (Å²) in [5.74, 6) is 2.41. The average molecular weight is 409 g/mol. The van der Waals surface area contributed by atoms with Crippen molar-refractivity contribution in [3.8, 4) is 18.4 Å². The number of benzene rings is 3. The minimum Gasteiger partial charge on any atom is -0.289 e. The molecule has 0 unspecified atom stereocenters. The van der Waals surface area contributed by atoms with Crippen LogP contribution in [0.1, 0.15) is 46.3 Å². The smallest absolute Gasteiger partial charge is 0.194 e. The first-order valence-electron chi connectivity index (χ1n) is 11.0. The molecule has 0 bridgehead atoms. The van der Waals surface area contributed by atoms with Gasteiger partial charge in [-0.25, -0.2) is 0 Å². The molecule has 0 atom stereocenters. The fourth-order valence-electron chi connectivity index (χ4n) is 5.53. The molecule has 0 aromatic heterocycles. The van der Waals surface area contributed by atoms with Crippen LogP contribution in [-0.4, -0.2) is 5.78 Å². The summed E-state index contributed by atoms with van der Waals surface area (Å²) in [6, 6.07) is 18.2. The average Bonchev–Trinajstić information content (AvgIpc) is 3.11. The lowest BCUT2D eigenvalue weighted by molar-refractivity contribution is 0.104. The second-order valence-corrected chi connectivity index (χ2v) is 8.55. The Kier molecular flexibility index (Phi) is 4.04. The minimum absolute atomic E-state index is 0.0820. The quantitative estimate of drug-likeness (QED) is 0.332. The molecular formula is C30H19NO. The lowest BCUT2D eigenvalue weighted by Gasteiger charge is -2.21. The lowest BCUT2D eigenvalue weighted by atomic mass is 9.83. The molecule has 0 saturated heterocycles. The van der Waals surface area contributed by atoms with Crippen molar-refractivity contribution < 1.29 is 4.79 Å². The highest BCUT2D eigenvalue weighted by atomic mass is 16.1. The zero-order valence-corrected chi connectivity index (χ0v) is 17.5. The van der Waals surface area contributed by atoms with Crippen molar-refractivity contribution in [2.24, 2.45) is 0 Å². The van der Waals surface area contributed by atoms with E-state index in [1.54, 1.807) is 11.6 Å². The first kappa shape index (κ1) is 18.6. The normalized spacial score (nSPS) is 18.8. The first-order chi connectivity index (χ1) is 15.7. The topological polar surface area (TPSA) is 40.9 Å². The van der Waals surface area contributed by atoms with Gasteiger partial charge in [-0.2, -0.15) is 5.26 Å². The third kappa shape index (κ3) is 2.51. The van der Waals surface area contributed by atoms with Crippen molar-refractivity contribution >= 4 is 39.9 Å². The highest BCUT2D eigenvalue weighted by Gasteiger charge is 2.32. The van der Waals surface area contributed by atoms with Gasteiger partial charge in [-0.1, -0.05) is 66.1 Å². The predicted octanol–water partition coefficient (Wildman–Crippen LogP) is 4.70. The maximum atomic E-state index is 13.4. The molecule has 0 saturated carbocycles. The second kappa shape index (κ2) is 6.94. The zero-order valence-electron chi connectivity index (χ0n) is 17.5. The van der Waals surface area contributed by atoms with E-state index in [0.717, 1.165) is 42.2 Å². The van der Waals surface area contributed by atoms with E-state index in [1.165, 1.54) is 21.4 Å². The standard InChI is InChI=1S/C30H19NO/c1-2-18(17-31)28-24-8-3-4-9-25(24)30(32)26(28)16-22-13-12-21-11-10-19-6-5-7-20-14-15-23(22)29(21)27(19)20/h1,3-4,7-9,12-16H,5-6,10-11H2/b26-16-,28-18?. The summed E-state index contributed by atoms with van der Waals surface area (Å²) in [6.45, 7) is 0. The summed E-state index contributed by atoms with van der Waals surface area (Å²) < 4.78 is 0. The first-order valence-corrected chi connectivity index (χ1v) is 11.0. The molecule has 3 aliphatic rings. The van der Waals surface area contributed by atoms with Crippen LogP contribution in [0.25, 0.3) is 34.1 Å². The Bertz CT molecular complexity index is 1630. The fraction of sp³-hybridized carbons (Fsp3) is 0.133. The molecule has 0 aliphatic heterocycles. The molecule has 2 heteroatoms. The number of carbonyl (C=O) groups is 1. The zero-order chi connectivity index (χ0) is 21.8.